The molecule has 0 bridgehead atoms. The highest BCUT2D eigenvalue weighted by Crippen LogP contribution is 2.27. The molecule has 0 unspecified atom stereocenters. The van der Waals surface area contributed by atoms with E-state index in [4.69, 9.17) is 9.57 Å². The van der Waals surface area contributed by atoms with Gasteiger partial charge in [0.25, 0.3) is 0 Å². The molecule has 0 radical (unpaired) electrons. The fourth-order valence-electron chi connectivity index (χ4n) is 2.30. The number of nitrogens with zero attached hydrogens (tertiary/aromatic N) is 2. The average molecular weight is 338 g/mol. The lowest BCUT2D eigenvalue weighted by atomic mass is 10.1. The monoisotopic (exact) mass is 338 g/mol. The Morgan fingerprint density at radius 1 is 1.22 bits per heavy atom. The maximum atomic E-state index is 13.7. The van der Waals surface area contributed by atoms with Crippen molar-refractivity contribution in [2.45, 2.75) is 25.9 Å². The first-order valence-corrected chi connectivity index (χ1v) is 8.26. The van der Waals surface area contributed by atoms with Crippen molar-refractivity contribution in [1.29, 1.82) is 0 Å². The molecule has 0 N–H and O–H groups in total. The molecule has 122 valence electrons. The fraction of sp³-hybridized carbons (Fsp3) is 0.375. The van der Waals surface area contributed by atoms with Crippen molar-refractivity contribution in [1.82, 2.24) is 4.98 Å². The van der Waals surface area contributed by atoms with Gasteiger partial charge in [0, 0.05) is 18.4 Å². The first kappa shape index (κ1) is 16.0. The van der Waals surface area contributed by atoms with Crippen LogP contribution in [-0.2, 0) is 16.2 Å². The van der Waals surface area contributed by atoms with E-state index in [1.165, 1.54) is 29.5 Å². The van der Waals surface area contributed by atoms with E-state index in [9.17, 15) is 8.78 Å². The maximum Gasteiger partial charge on any atom is 0.168 e. The Balaban J connectivity index is 1.64. The highest BCUT2D eigenvalue weighted by Gasteiger charge is 2.14. The van der Waals surface area contributed by atoms with E-state index in [0.29, 0.717) is 11.6 Å². The number of thiazole rings is 1. The summed E-state index contributed by atoms with van der Waals surface area (Å²) in [5.74, 6) is -1.25. The van der Waals surface area contributed by atoms with Gasteiger partial charge < -0.3 is 9.57 Å². The van der Waals surface area contributed by atoms with Gasteiger partial charge in [-0.1, -0.05) is 11.2 Å². The first-order chi connectivity index (χ1) is 11.2. The summed E-state index contributed by atoms with van der Waals surface area (Å²) in [5, 5.41) is 6.35. The van der Waals surface area contributed by atoms with Crippen molar-refractivity contribution < 1.29 is 18.4 Å². The summed E-state index contributed by atoms with van der Waals surface area (Å²) < 4.78 is 32.8. The molecule has 7 heteroatoms. The summed E-state index contributed by atoms with van der Waals surface area (Å²) in [5.41, 5.74) is 1.14. The van der Waals surface area contributed by atoms with E-state index in [1.807, 2.05) is 0 Å². The Kier molecular flexibility index (Phi) is 5.30. The minimum atomic E-state index is -0.624. The number of hydrogen-bond donors (Lipinski definition) is 0. The predicted octanol–water partition coefficient (Wildman–Crippen LogP) is 4.16. The van der Waals surface area contributed by atoms with Gasteiger partial charge in [-0.15, -0.1) is 11.3 Å². The standard InChI is InChI=1S/C16H16F2N2O2S/c17-12-4-1-5-13(18)16(12)14-10-23-15(19-14)9-22-20-11-3-2-7-21-8-6-11/h1,4-5,10H,2-3,6-9H2/b20-11-. The topological polar surface area (TPSA) is 43.7 Å². The van der Waals surface area contributed by atoms with E-state index in [2.05, 4.69) is 10.1 Å². The number of aromatic nitrogens is 1. The normalized spacial score (nSPS) is 17.2. The van der Waals surface area contributed by atoms with Crippen LogP contribution in [0.25, 0.3) is 11.3 Å². The Morgan fingerprint density at radius 2 is 2.04 bits per heavy atom. The molecule has 1 aliphatic rings. The minimum absolute atomic E-state index is 0.109. The first-order valence-electron chi connectivity index (χ1n) is 7.38. The molecule has 1 aromatic carbocycles. The Morgan fingerprint density at radius 3 is 2.87 bits per heavy atom. The highest BCUT2D eigenvalue weighted by molar-refractivity contribution is 7.09. The summed E-state index contributed by atoms with van der Waals surface area (Å²) >= 11 is 1.29. The van der Waals surface area contributed by atoms with Crippen LogP contribution in [-0.4, -0.2) is 23.9 Å². The van der Waals surface area contributed by atoms with Gasteiger partial charge in [0.2, 0.25) is 0 Å². The molecule has 3 rings (SSSR count). The summed E-state index contributed by atoms with van der Waals surface area (Å²) in [4.78, 5) is 9.54. The molecule has 2 aromatic rings. The number of halogens is 2. The highest BCUT2D eigenvalue weighted by atomic mass is 32.1. The van der Waals surface area contributed by atoms with E-state index >= 15 is 0 Å². The zero-order chi connectivity index (χ0) is 16.1. The molecule has 2 heterocycles. The van der Waals surface area contributed by atoms with Crippen molar-refractivity contribution >= 4 is 17.0 Å². The molecule has 1 saturated heterocycles. The van der Waals surface area contributed by atoms with Crippen LogP contribution < -0.4 is 0 Å². The van der Waals surface area contributed by atoms with Crippen LogP contribution in [0.15, 0.2) is 28.7 Å². The third-order valence-electron chi connectivity index (χ3n) is 3.44. The van der Waals surface area contributed by atoms with Crippen LogP contribution in [0.3, 0.4) is 0 Å². The quantitative estimate of drug-likeness (QED) is 0.786. The van der Waals surface area contributed by atoms with E-state index in [-0.39, 0.29) is 17.9 Å². The molecular weight excluding hydrogens is 322 g/mol. The third kappa shape index (κ3) is 4.11. The van der Waals surface area contributed by atoms with Crippen LogP contribution in [0.5, 0.6) is 0 Å². The van der Waals surface area contributed by atoms with Crippen molar-refractivity contribution in [2.24, 2.45) is 5.16 Å². The molecule has 1 aromatic heterocycles. The van der Waals surface area contributed by atoms with Crippen LogP contribution >= 0.6 is 11.3 Å². The van der Waals surface area contributed by atoms with Crippen molar-refractivity contribution in [3.8, 4) is 11.3 Å². The van der Waals surface area contributed by atoms with Gasteiger partial charge in [0.1, 0.15) is 16.6 Å². The lowest BCUT2D eigenvalue weighted by Crippen LogP contribution is -2.00. The SMILES string of the molecule is Fc1cccc(F)c1-c1csc(CO/N=C2/CCCOCC2)n1. The summed E-state index contributed by atoms with van der Waals surface area (Å²) in [6.07, 6.45) is 2.57. The Labute approximate surface area is 136 Å². The van der Waals surface area contributed by atoms with Crippen molar-refractivity contribution in [3.05, 3.63) is 40.2 Å². The predicted molar refractivity (Wildman–Crippen MR) is 84.4 cm³/mol. The third-order valence-corrected chi connectivity index (χ3v) is 4.26. The van der Waals surface area contributed by atoms with Gasteiger partial charge in [0.05, 0.1) is 23.6 Å². The fourth-order valence-corrected chi connectivity index (χ4v) is 2.99. The molecule has 23 heavy (non-hydrogen) atoms. The minimum Gasteiger partial charge on any atom is -0.388 e. The molecule has 4 nitrogen and oxygen atoms in total. The van der Waals surface area contributed by atoms with Crippen molar-refractivity contribution in [3.63, 3.8) is 0 Å². The van der Waals surface area contributed by atoms with Crippen LogP contribution in [0.1, 0.15) is 24.3 Å². The second-order valence-electron chi connectivity index (χ2n) is 5.12. The molecule has 0 saturated carbocycles. The molecule has 0 atom stereocenters. The second kappa shape index (κ2) is 7.61. The maximum absolute atomic E-state index is 13.7. The zero-order valence-corrected chi connectivity index (χ0v) is 13.2. The molecule has 0 aliphatic carbocycles. The van der Waals surface area contributed by atoms with Gasteiger partial charge in [-0.3, -0.25) is 0 Å². The van der Waals surface area contributed by atoms with E-state index in [0.717, 1.165) is 31.6 Å². The van der Waals surface area contributed by atoms with Crippen molar-refractivity contribution in [2.75, 3.05) is 13.2 Å². The smallest absolute Gasteiger partial charge is 0.168 e. The number of hydrogen-bond acceptors (Lipinski definition) is 5. The van der Waals surface area contributed by atoms with Gasteiger partial charge >= 0.3 is 0 Å². The lowest BCUT2D eigenvalue weighted by Gasteiger charge is -2.02. The number of oxime groups is 1. The number of benzene rings is 1. The Bertz CT molecular complexity index is 673. The molecule has 0 amide bonds. The lowest BCUT2D eigenvalue weighted by molar-refractivity contribution is 0.128. The second-order valence-corrected chi connectivity index (χ2v) is 6.06. The molecule has 0 spiro atoms. The van der Waals surface area contributed by atoms with Gasteiger partial charge in [-0.2, -0.15) is 0 Å². The number of ether oxygens (including phenoxy) is 1. The van der Waals surface area contributed by atoms with Gasteiger partial charge in [-0.25, -0.2) is 13.8 Å². The number of rotatable bonds is 4. The summed E-state index contributed by atoms with van der Waals surface area (Å²) in [6.45, 7) is 1.60. The van der Waals surface area contributed by atoms with Crippen LogP contribution in [0.4, 0.5) is 8.78 Å². The van der Waals surface area contributed by atoms with E-state index < -0.39 is 11.6 Å². The van der Waals surface area contributed by atoms with Crippen LogP contribution in [0, 0.1) is 11.6 Å². The molecular formula is C16H16F2N2O2S. The summed E-state index contributed by atoms with van der Waals surface area (Å²) in [7, 11) is 0. The summed E-state index contributed by atoms with van der Waals surface area (Å²) in [6, 6.07) is 3.76. The Hall–Kier alpha value is -1.86. The molecule has 1 aliphatic heterocycles. The van der Waals surface area contributed by atoms with Gasteiger partial charge in [0.15, 0.2) is 6.61 Å². The van der Waals surface area contributed by atoms with E-state index in [1.54, 1.807) is 5.38 Å². The largest absolute Gasteiger partial charge is 0.388 e. The zero-order valence-electron chi connectivity index (χ0n) is 12.4. The molecule has 1 fully saturated rings. The van der Waals surface area contributed by atoms with Gasteiger partial charge in [-0.05, 0) is 25.0 Å². The average Bonchev–Trinajstić information content (AvgIpc) is 2.82. The van der Waals surface area contributed by atoms with Crippen LogP contribution in [0.2, 0.25) is 0 Å².